The minimum atomic E-state index is -0.309. The molecule has 0 aliphatic heterocycles. The Kier molecular flexibility index (Phi) is 5.83. The predicted octanol–water partition coefficient (Wildman–Crippen LogP) is 5.03. The largest absolute Gasteiger partial charge is 0.445 e. The van der Waals surface area contributed by atoms with Crippen LogP contribution in [0.1, 0.15) is 16.7 Å². The first-order chi connectivity index (χ1) is 12.3. The average Bonchev–Trinajstić information content (AvgIpc) is 2.68. The molecule has 1 amide bonds. The zero-order valence-corrected chi connectivity index (χ0v) is 14.0. The number of amides is 1. The Morgan fingerprint density at radius 3 is 1.48 bits per heavy atom. The summed E-state index contributed by atoms with van der Waals surface area (Å²) in [4.78, 5) is 14.4. The second-order valence-corrected chi connectivity index (χ2v) is 5.87. The van der Waals surface area contributed by atoms with Gasteiger partial charge in [-0.2, -0.15) is 0 Å². The van der Waals surface area contributed by atoms with Crippen LogP contribution in [0.15, 0.2) is 91.0 Å². The van der Waals surface area contributed by atoms with Crippen LogP contribution in [0.5, 0.6) is 0 Å². The van der Waals surface area contributed by atoms with Gasteiger partial charge in [-0.3, -0.25) is 4.90 Å². The van der Waals surface area contributed by atoms with Crippen LogP contribution in [0, 0.1) is 0 Å². The molecule has 3 nitrogen and oxygen atoms in total. The number of nitrogens with zero attached hydrogens (tertiary/aromatic N) is 1. The molecule has 3 aromatic carbocycles. The average molecular weight is 331 g/mol. The zero-order valence-electron chi connectivity index (χ0n) is 14.0. The fraction of sp³-hybridized carbons (Fsp3) is 0.136. The summed E-state index contributed by atoms with van der Waals surface area (Å²) in [6, 6.07) is 29.6. The molecule has 0 N–H and O–H groups in total. The van der Waals surface area contributed by atoms with Gasteiger partial charge < -0.3 is 4.74 Å². The number of benzene rings is 3. The van der Waals surface area contributed by atoms with Gasteiger partial charge in [0.1, 0.15) is 6.61 Å². The van der Waals surface area contributed by atoms with E-state index in [1.165, 1.54) is 0 Å². The van der Waals surface area contributed by atoms with Gasteiger partial charge >= 0.3 is 6.09 Å². The molecule has 0 fully saturated rings. The molecule has 0 radical (unpaired) electrons. The van der Waals surface area contributed by atoms with Crippen molar-refractivity contribution in [3.63, 3.8) is 0 Å². The maximum atomic E-state index is 12.6. The monoisotopic (exact) mass is 331 g/mol. The van der Waals surface area contributed by atoms with Gasteiger partial charge in [-0.25, -0.2) is 4.79 Å². The molecular weight excluding hydrogens is 310 g/mol. The Hall–Kier alpha value is -3.07. The molecule has 0 atom stereocenters. The number of carbonyl (C=O) groups is 1. The van der Waals surface area contributed by atoms with Crippen molar-refractivity contribution in [3.05, 3.63) is 108 Å². The molecule has 0 saturated heterocycles. The molecule has 0 unspecified atom stereocenters. The van der Waals surface area contributed by atoms with E-state index >= 15 is 0 Å². The Balaban J connectivity index is 1.69. The lowest BCUT2D eigenvalue weighted by atomic mass is 10.2. The molecule has 3 heteroatoms. The maximum Gasteiger partial charge on any atom is 0.410 e. The van der Waals surface area contributed by atoms with Crippen LogP contribution >= 0.6 is 0 Å². The lowest BCUT2D eigenvalue weighted by Gasteiger charge is -2.22. The van der Waals surface area contributed by atoms with Crippen molar-refractivity contribution < 1.29 is 9.53 Å². The highest BCUT2D eigenvalue weighted by Crippen LogP contribution is 2.12. The summed E-state index contributed by atoms with van der Waals surface area (Å²) in [7, 11) is 0. The van der Waals surface area contributed by atoms with Gasteiger partial charge in [0, 0.05) is 13.1 Å². The molecule has 0 bridgehead atoms. The fourth-order valence-electron chi connectivity index (χ4n) is 2.60. The van der Waals surface area contributed by atoms with Crippen molar-refractivity contribution in [2.45, 2.75) is 19.7 Å². The lowest BCUT2D eigenvalue weighted by molar-refractivity contribution is 0.0910. The van der Waals surface area contributed by atoms with E-state index in [-0.39, 0.29) is 12.7 Å². The Labute approximate surface area is 148 Å². The van der Waals surface area contributed by atoms with Crippen LogP contribution in [0.4, 0.5) is 4.79 Å². The minimum Gasteiger partial charge on any atom is -0.445 e. The van der Waals surface area contributed by atoms with Gasteiger partial charge in [0.25, 0.3) is 0 Å². The molecule has 3 rings (SSSR count). The standard InChI is InChI=1S/C22H21NO2/c24-22(25-18-21-14-8-3-9-15-21)23(16-19-10-4-1-5-11-19)17-20-12-6-2-7-13-20/h1-15H,16-18H2. The van der Waals surface area contributed by atoms with Crippen molar-refractivity contribution in [1.82, 2.24) is 4.90 Å². The van der Waals surface area contributed by atoms with Gasteiger partial charge in [-0.1, -0.05) is 91.0 Å². The predicted molar refractivity (Wildman–Crippen MR) is 98.8 cm³/mol. The Morgan fingerprint density at radius 2 is 1.04 bits per heavy atom. The zero-order chi connectivity index (χ0) is 17.3. The summed E-state index contributed by atoms with van der Waals surface area (Å²) in [5, 5.41) is 0. The summed E-state index contributed by atoms with van der Waals surface area (Å²) in [5.74, 6) is 0. The quantitative estimate of drug-likeness (QED) is 0.634. The Bertz CT molecular complexity index is 731. The van der Waals surface area contributed by atoms with Crippen molar-refractivity contribution in [2.24, 2.45) is 0 Å². The first kappa shape index (κ1) is 16.8. The Morgan fingerprint density at radius 1 is 0.640 bits per heavy atom. The third-order valence-corrected chi connectivity index (χ3v) is 3.90. The van der Waals surface area contributed by atoms with Gasteiger partial charge in [0.05, 0.1) is 0 Å². The van der Waals surface area contributed by atoms with Crippen LogP contribution in [0.2, 0.25) is 0 Å². The highest BCUT2D eigenvalue weighted by molar-refractivity contribution is 5.67. The molecule has 126 valence electrons. The van der Waals surface area contributed by atoms with Crippen molar-refractivity contribution in [2.75, 3.05) is 0 Å². The van der Waals surface area contributed by atoms with Gasteiger partial charge in [0.15, 0.2) is 0 Å². The number of ether oxygens (including phenoxy) is 1. The van der Waals surface area contributed by atoms with Gasteiger partial charge in [-0.05, 0) is 16.7 Å². The van der Waals surface area contributed by atoms with Gasteiger partial charge in [0.2, 0.25) is 0 Å². The third kappa shape index (κ3) is 5.21. The van der Waals surface area contributed by atoms with E-state index in [1.54, 1.807) is 4.90 Å². The van der Waals surface area contributed by atoms with E-state index in [1.807, 2.05) is 91.0 Å². The topological polar surface area (TPSA) is 29.5 Å². The highest BCUT2D eigenvalue weighted by Gasteiger charge is 2.16. The van der Waals surface area contributed by atoms with Crippen LogP contribution in [-0.4, -0.2) is 11.0 Å². The summed E-state index contributed by atoms with van der Waals surface area (Å²) in [5.41, 5.74) is 3.14. The summed E-state index contributed by atoms with van der Waals surface area (Å²) in [6.45, 7) is 1.31. The summed E-state index contributed by atoms with van der Waals surface area (Å²) >= 11 is 0. The molecule has 0 spiro atoms. The first-order valence-corrected chi connectivity index (χ1v) is 8.35. The van der Waals surface area contributed by atoms with E-state index in [2.05, 4.69) is 0 Å². The van der Waals surface area contributed by atoms with E-state index in [4.69, 9.17) is 4.74 Å². The normalized spacial score (nSPS) is 10.2. The SMILES string of the molecule is O=C(OCc1ccccc1)N(Cc1ccccc1)Cc1ccccc1. The molecule has 0 aliphatic carbocycles. The van der Waals surface area contributed by atoms with Crippen LogP contribution < -0.4 is 0 Å². The highest BCUT2D eigenvalue weighted by atomic mass is 16.6. The molecule has 0 aliphatic rings. The molecule has 0 heterocycles. The second-order valence-electron chi connectivity index (χ2n) is 5.87. The van der Waals surface area contributed by atoms with Crippen LogP contribution in [0.25, 0.3) is 0 Å². The molecule has 0 aromatic heterocycles. The molecule has 25 heavy (non-hydrogen) atoms. The summed E-state index contributed by atoms with van der Waals surface area (Å²) < 4.78 is 5.52. The number of carbonyl (C=O) groups excluding carboxylic acids is 1. The number of hydrogen-bond donors (Lipinski definition) is 0. The smallest absolute Gasteiger partial charge is 0.410 e. The lowest BCUT2D eigenvalue weighted by Crippen LogP contribution is -2.30. The molecule has 0 saturated carbocycles. The molecule has 3 aromatic rings. The number of hydrogen-bond acceptors (Lipinski definition) is 2. The van der Waals surface area contributed by atoms with Crippen molar-refractivity contribution in [1.29, 1.82) is 0 Å². The van der Waals surface area contributed by atoms with E-state index in [0.717, 1.165) is 16.7 Å². The van der Waals surface area contributed by atoms with Crippen LogP contribution in [-0.2, 0) is 24.4 Å². The number of rotatable bonds is 6. The van der Waals surface area contributed by atoms with Gasteiger partial charge in [-0.15, -0.1) is 0 Å². The third-order valence-electron chi connectivity index (χ3n) is 3.90. The van der Waals surface area contributed by atoms with Crippen molar-refractivity contribution >= 4 is 6.09 Å². The maximum absolute atomic E-state index is 12.6. The van der Waals surface area contributed by atoms with Crippen LogP contribution in [0.3, 0.4) is 0 Å². The second kappa shape index (κ2) is 8.69. The first-order valence-electron chi connectivity index (χ1n) is 8.35. The molecular formula is C22H21NO2. The minimum absolute atomic E-state index is 0.278. The van der Waals surface area contributed by atoms with E-state index in [9.17, 15) is 4.79 Å². The van der Waals surface area contributed by atoms with Crippen molar-refractivity contribution in [3.8, 4) is 0 Å². The van der Waals surface area contributed by atoms with E-state index < -0.39 is 0 Å². The van der Waals surface area contributed by atoms with E-state index in [0.29, 0.717) is 13.1 Å². The fourth-order valence-corrected chi connectivity index (χ4v) is 2.60. The summed E-state index contributed by atoms with van der Waals surface area (Å²) in [6.07, 6.45) is -0.309.